The van der Waals surface area contributed by atoms with Crippen molar-refractivity contribution in [3.05, 3.63) is 63.2 Å². The van der Waals surface area contributed by atoms with Gasteiger partial charge in [-0.05, 0) is 23.8 Å². The molecule has 0 unspecified atom stereocenters. The highest BCUT2D eigenvalue weighted by Gasteiger charge is 2.08. The first-order valence-corrected chi connectivity index (χ1v) is 8.00. The molecule has 0 spiro atoms. The van der Waals surface area contributed by atoms with Crippen molar-refractivity contribution in [2.75, 3.05) is 37.4 Å². The summed E-state index contributed by atoms with van der Waals surface area (Å²) >= 11 is 6.03. The molecule has 0 atom stereocenters. The number of non-ortho nitro benzene ring substituents is 1. The topological polar surface area (TPSA) is 70.4 Å². The van der Waals surface area contributed by atoms with Gasteiger partial charge in [-0.15, -0.1) is 0 Å². The van der Waals surface area contributed by atoms with Gasteiger partial charge < -0.3 is 15.5 Å². The lowest BCUT2D eigenvalue weighted by molar-refractivity contribution is -0.384. The van der Waals surface area contributed by atoms with Crippen LogP contribution in [0.5, 0.6) is 0 Å². The van der Waals surface area contributed by atoms with Crippen molar-refractivity contribution in [3.8, 4) is 0 Å². The van der Waals surface area contributed by atoms with Crippen molar-refractivity contribution in [2.45, 2.75) is 6.54 Å². The Morgan fingerprint density at radius 1 is 1.12 bits per heavy atom. The number of nitro groups is 1. The van der Waals surface area contributed by atoms with E-state index in [-0.39, 0.29) is 5.69 Å². The number of halogens is 1. The van der Waals surface area contributed by atoms with Crippen LogP contribution in [0, 0.1) is 10.1 Å². The molecule has 0 amide bonds. The smallest absolute Gasteiger partial charge is 0.271 e. The van der Waals surface area contributed by atoms with Crippen LogP contribution in [-0.4, -0.2) is 32.1 Å². The van der Waals surface area contributed by atoms with Gasteiger partial charge in [-0.1, -0.05) is 23.7 Å². The fourth-order valence-electron chi connectivity index (χ4n) is 2.19. The summed E-state index contributed by atoms with van der Waals surface area (Å²) in [5, 5.41) is 17.5. The van der Waals surface area contributed by atoms with Crippen LogP contribution in [0.25, 0.3) is 0 Å². The maximum atomic E-state index is 10.7. The highest BCUT2D eigenvalue weighted by molar-refractivity contribution is 6.33. The Balaban J connectivity index is 1.74. The zero-order chi connectivity index (χ0) is 17.5. The monoisotopic (exact) mass is 348 g/mol. The Bertz CT molecular complexity index is 689. The van der Waals surface area contributed by atoms with E-state index < -0.39 is 4.92 Å². The van der Waals surface area contributed by atoms with Gasteiger partial charge in [0.15, 0.2) is 0 Å². The minimum Gasteiger partial charge on any atom is -0.383 e. The molecule has 0 saturated heterocycles. The van der Waals surface area contributed by atoms with Crippen LogP contribution in [-0.2, 0) is 6.54 Å². The van der Waals surface area contributed by atoms with E-state index in [0.717, 1.165) is 13.1 Å². The van der Waals surface area contributed by atoms with Gasteiger partial charge in [0.05, 0.1) is 15.6 Å². The maximum Gasteiger partial charge on any atom is 0.271 e. The molecular formula is C17H21ClN4O2. The summed E-state index contributed by atoms with van der Waals surface area (Å²) < 4.78 is 0. The number of hydrogen-bond donors (Lipinski definition) is 2. The first-order chi connectivity index (χ1) is 11.5. The molecule has 24 heavy (non-hydrogen) atoms. The van der Waals surface area contributed by atoms with Crippen LogP contribution in [0.1, 0.15) is 5.56 Å². The first-order valence-electron chi connectivity index (χ1n) is 7.62. The van der Waals surface area contributed by atoms with Gasteiger partial charge in [0.2, 0.25) is 0 Å². The van der Waals surface area contributed by atoms with E-state index >= 15 is 0 Å². The zero-order valence-electron chi connectivity index (χ0n) is 13.8. The predicted octanol–water partition coefficient (Wildman–Crippen LogP) is 3.52. The molecular weight excluding hydrogens is 328 g/mol. The van der Waals surface area contributed by atoms with Crippen molar-refractivity contribution < 1.29 is 4.92 Å². The quantitative estimate of drug-likeness (QED) is 0.434. The second-order valence-electron chi connectivity index (χ2n) is 5.59. The summed E-state index contributed by atoms with van der Waals surface area (Å²) in [5.74, 6) is 0. The summed E-state index contributed by atoms with van der Waals surface area (Å²) in [6, 6.07) is 12.8. The molecule has 0 aromatic heterocycles. The summed E-state index contributed by atoms with van der Waals surface area (Å²) in [4.78, 5) is 12.3. The van der Waals surface area contributed by atoms with Gasteiger partial charge in [0.1, 0.15) is 0 Å². The van der Waals surface area contributed by atoms with Crippen LogP contribution in [0.3, 0.4) is 0 Å². The molecule has 2 rings (SSSR count). The van der Waals surface area contributed by atoms with Crippen molar-refractivity contribution in [1.29, 1.82) is 0 Å². The molecule has 0 aliphatic carbocycles. The third-order valence-corrected chi connectivity index (χ3v) is 3.88. The normalized spacial score (nSPS) is 10.5. The molecule has 0 aliphatic heterocycles. The van der Waals surface area contributed by atoms with Crippen LogP contribution < -0.4 is 15.5 Å². The fourth-order valence-corrected chi connectivity index (χ4v) is 2.43. The Kier molecular flexibility index (Phi) is 6.40. The lowest BCUT2D eigenvalue weighted by Crippen LogP contribution is -2.21. The number of nitrogens with one attached hydrogen (secondary N) is 2. The van der Waals surface area contributed by atoms with Gasteiger partial charge in [-0.2, -0.15) is 0 Å². The molecule has 6 nitrogen and oxygen atoms in total. The molecule has 128 valence electrons. The molecule has 0 bridgehead atoms. The summed E-state index contributed by atoms with van der Waals surface area (Å²) in [6.07, 6.45) is 0. The SMILES string of the molecule is CN(C)c1ccc(CNCCNc2ccc([N+](=O)[O-])cc2Cl)cc1. The number of benzene rings is 2. The minimum atomic E-state index is -0.460. The Hall–Kier alpha value is -2.31. The summed E-state index contributed by atoms with van der Waals surface area (Å²) in [7, 11) is 4.03. The molecule has 0 fully saturated rings. The standard InChI is InChI=1S/C17H21ClN4O2/c1-21(2)14-5-3-13(4-6-14)12-19-9-10-20-17-8-7-15(22(23)24)11-16(17)18/h3-8,11,19-20H,9-10,12H2,1-2H3. The van der Waals surface area contributed by atoms with E-state index in [9.17, 15) is 10.1 Å². The van der Waals surface area contributed by atoms with E-state index in [4.69, 9.17) is 11.6 Å². The van der Waals surface area contributed by atoms with Crippen LogP contribution in [0.15, 0.2) is 42.5 Å². The second kappa shape index (κ2) is 8.52. The molecule has 0 aliphatic rings. The van der Waals surface area contributed by atoms with Gasteiger partial charge in [0.25, 0.3) is 5.69 Å². The molecule has 0 heterocycles. The van der Waals surface area contributed by atoms with Gasteiger partial charge in [0, 0.05) is 51.5 Å². The number of nitro benzene ring substituents is 1. The summed E-state index contributed by atoms with van der Waals surface area (Å²) in [5.41, 5.74) is 3.08. The van der Waals surface area contributed by atoms with Gasteiger partial charge in [-0.25, -0.2) is 0 Å². The Morgan fingerprint density at radius 3 is 2.42 bits per heavy atom. The fraction of sp³-hybridized carbons (Fsp3) is 0.294. The summed E-state index contributed by atoms with van der Waals surface area (Å²) in [6.45, 7) is 2.21. The highest BCUT2D eigenvalue weighted by atomic mass is 35.5. The van der Waals surface area contributed by atoms with Crippen LogP contribution in [0.2, 0.25) is 5.02 Å². The zero-order valence-corrected chi connectivity index (χ0v) is 14.5. The lowest BCUT2D eigenvalue weighted by atomic mass is 10.2. The van der Waals surface area contributed by atoms with E-state index in [1.807, 2.05) is 14.1 Å². The molecule has 7 heteroatoms. The molecule has 2 aromatic rings. The van der Waals surface area contributed by atoms with Crippen molar-refractivity contribution in [1.82, 2.24) is 5.32 Å². The lowest BCUT2D eigenvalue weighted by Gasteiger charge is -2.13. The number of nitrogens with zero attached hydrogens (tertiary/aromatic N) is 2. The van der Waals surface area contributed by atoms with E-state index in [0.29, 0.717) is 17.3 Å². The number of anilines is 2. The Labute approximate surface area is 146 Å². The average molecular weight is 349 g/mol. The number of hydrogen-bond acceptors (Lipinski definition) is 5. The maximum absolute atomic E-state index is 10.7. The first kappa shape index (κ1) is 18.0. The Morgan fingerprint density at radius 2 is 1.83 bits per heavy atom. The number of rotatable bonds is 8. The third kappa shape index (κ3) is 5.11. The second-order valence-corrected chi connectivity index (χ2v) is 5.99. The van der Waals surface area contributed by atoms with Crippen molar-refractivity contribution in [2.24, 2.45) is 0 Å². The largest absolute Gasteiger partial charge is 0.383 e. The van der Waals surface area contributed by atoms with Crippen molar-refractivity contribution in [3.63, 3.8) is 0 Å². The molecule has 2 aromatic carbocycles. The van der Waals surface area contributed by atoms with E-state index in [1.165, 1.54) is 23.4 Å². The molecule has 0 saturated carbocycles. The van der Waals surface area contributed by atoms with Crippen molar-refractivity contribution >= 4 is 28.7 Å². The third-order valence-electron chi connectivity index (χ3n) is 3.56. The average Bonchev–Trinajstić information content (AvgIpc) is 2.56. The van der Waals surface area contributed by atoms with E-state index in [2.05, 4.69) is 39.8 Å². The van der Waals surface area contributed by atoms with Crippen LogP contribution in [0.4, 0.5) is 17.1 Å². The van der Waals surface area contributed by atoms with Crippen LogP contribution >= 0.6 is 11.6 Å². The van der Waals surface area contributed by atoms with Gasteiger partial charge in [-0.3, -0.25) is 10.1 Å². The molecule has 0 radical (unpaired) electrons. The highest BCUT2D eigenvalue weighted by Crippen LogP contribution is 2.26. The minimum absolute atomic E-state index is 0.00940. The van der Waals surface area contributed by atoms with Gasteiger partial charge >= 0.3 is 0 Å². The molecule has 2 N–H and O–H groups in total. The predicted molar refractivity (Wildman–Crippen MR) is 99.1 cm³/mol. The van der Waals surface area contributed by atoms with E-state index in [1.54, 1.807) is 6.07 Å².